The number of Topliss-reactive ketones (excluding diaryl/α,β-unsaturated/α-hetero) is 1. The molecule has 0 saturated carbocycles. The van der Waals surface area contributed by atoms with E-state index in [9.17, 15) is 4.79 Å². The number of carbonyl (C=O) groups is 1. The Hall–Kier alpha value is -2.63. The van der Waals surface area contributed by atoms with Crippen molar-refractivity contribution >= 4 is 42.8 Å². The van der Waals surface area contributed by atoms with E-state index >= 15 is 0 Å². The van der Waals surface area contributed by atoms with Gasteiger partial charge in [-0.2, -0.15) is 0 Å². The monoisotopic (exact) mass is 497 g/mol. The van der Waals surface area contributed by atoms with Crippen LogP contribution in [-0.2, 0) is 4.79 Å². The van der Waals surface area contributed by atoms with Gasteiger partial charge in [-0.15, -0.1) is 0 Å². The minimum Gasteiger partial charge on any atom is -0.319 e. The highest BCUT2D eigenvalue weighted by Crippen LogP contribution is 2.39. The zero-order chi connectivity index (χ0) is 24.5. The van der Waals surface area contributed by atoms with Gasteiger partial charge in [0.1, 0.15) is 5.78 Å². The summed E-state index contributed by atoms with van der Waals surface area (Å²) in [6.07, 6.45) is 3.16. The maximum atomic E-state index is 12.9. The van der Waals surface area contributed by atoms with E-state index in [2.05, 4.69) is 121 Å². The maximum Gasteiger partial charge on any atom is 0.149 e. The second kappa shape index (κ2) is 12.4. The Kier molecular flexibility index (Phi) is 9.00. The number of hydrogen-bond acceptors (Lipinski definition) is 2. The minimum absolute atomic E-state index is 0.0876. The van der Waals surface area contributed by atoms with Gasteiger partial charge in [0.05, 0.1) is 5.54 Å². The summed E-state index contributed by atoms with van der Waals surface area (Å²) in [7, 11) is -1.16. The van der Waals surface area contributed by atoms with Crippen LogP contribution in [0.4, 0.5) is 0 Å². The quantitative estimate of drug-likeness (QED) is 0.285. The molecule has 178 valence electrons. The van der Waals surface area contributed by atoms with Crippen molar-refractivity contribution in [1.82, 2.24) is 0 Å². The fourth-order valence-corrected chi connectivity index (χ4v) is 9.35. The third-order valence-electron chi connectivity index (χ3n) is 6.54. The molecule has 0 aliphatic rings. The molecule has 0 atom stereocenters. The number of hydrogen-bond donors (Lipinski definition) is 1. The average Bonchev–Trinajstić information content (AvgIpc) is 2.91. The molecule has 0 radical (unpaired) electrons. The van der Waals surface area contributed by atoms with E-state index in [0.717, 1.165) is 12.3 Å². The molecule has 4 heteroatoms. The molecule has 0 spiro atoms. The molecular formula is C31H33NOP2. The summed E-state index contributed by atoms with van der Waals surface area (Å²) in [5, 5.41) is 5.32. The Labute approximate surface area is 212 Å². The Morgan fingerprint density at radius 2 is 0.829 bits per heavy atom. The molecule has 0 aliphatic heterocycles. The molecular weight excluding hydrogens is 464 g/mol. The van der Waals surface area contributed by atoms with Crippen LogP contribution in [0.1, 0.15) is 19.8 Å². The molecule has 0 fully saturated rings. The lowest BCUT2D eigenvalue weighted by atomic mass is 9.90. The normalized spacial score (nSPS) is 11.7. The SMILES string of the molecule is CC(=O)C(N)(CCP(c1ccccc1)c1ccccc1)CCP(c1ccccc1)c1ccccc1. The predicted octanol–water partition coefficient (Wildman–Crippen LogP) is 5.32. The van der Waals surface area contributed by atoms with Crippen molar-refractivity contribution in [3.63, 3.8) is 0 Å². The first-order chi connectivity index (χ1) is 17.1. The number of nitrogens with two attached hydrogens (primary N) is 1. The van der Waals surface area contributed by atoms with E-state index in [4.69, 9.17) is 5.73 Å². The van der Waals surface area contributed by atoms with Crippen LogP contribution in [0.2, 0.25) is 0 Å². The van der Waals surface area contributed by atoms with E-state index in [1.54, 1.807) is 6.92 Å². The number of ketones is 1. The fraction of sp³-hybridized carbons (Fsp3) is 0.194. The first-order valence-corrected chi connectivity index (χ1v) is 15.2. The van der Waals surface area contributed by atoms with Gasteiger partial charge in [-0.25, -0.2) is 0 Å². The topological polar surface area (TPSA) is 43.1 Å². The highest BCUT2D eigenvalue weighted by atomic mass is 31.1. The summed E-state index contributed by atoms with van der Waals surface area (Å²) < 4.78 is 0. The van der Waals surface area contributed by atoms with Crippen molar-refractivity contribution in [2.45, 2.75) is 25.3 Å². The second-order valence-electron chi connectivity index (χ2n) is 8.86. The third kappa shape index (κ3) is 6.74. The molecule has 0 saturated heterocycles. The van der Waals surface area contributed by atoms with Gasteiger partial charge in [-0.3, -0.25) is 4.79 Å². The molecule has 4 aromatic rings. The van der Waals surface area contributed by atoms with Gasteiger partial charge in [0.2, 0.25) is 0 Å². The molecule has 35 heavy (non-hydrogen) atoms. The van der Waals surface area contributed by atoms with E-state index in [-0.39, 0.29) is 5.78 Å². The fourth-order valence-electron chi connectivity index (χ4n) is 4.35. The van der Waals surface area contributed by atoms with E-state index in [1.807, 2.05) is 0 Å². The lowest BCUT2D eigenvalue weighted by molar-refractivity contribution is -0.122. The van der Waals surface area contributed by atoms with Crippen molar-refractivity contribution in [2.75, 3.05) is 12.3 Å². The zero-order valence-electron chi connectivity index (χ0n) is 20.3. The van der Waals surface area contributed by atoms with Crippen LogP contribution in [0.5, 0.6) is 0 Å². The molecule has 0 aromatic heterocycles. The second-order valence-corrected chi connectivity index (χ2v) is 13.5. The minimum atomic E-state index is -0.825. The summed E-state index contributed by atoms with van der Waals surface area (Å²) in [5.74, 6) is 0.0876. The maximum absolute atomic E-state index is 12.9. The van der Waals surface area contributed by atoms with Gasteiger partial charge in [-0.1, -0.05) is 121 Å². The summed E-state index contributed by atoms with van der Waals surface area (Å²) in [6.45, 7) is 1.67. The third-order valence-corrected chi connectivity index (χ3v) is 11.6. The van der Waals surface area contributed by atoms with Crippen molar-refractivity contribution in [2.24, 2.45) is 5.73 Å². The van der Waals surface area contributed by atoms with Crippen LogP contribution < -0.4 is 27.0 Å². The lowest BCUT2D eigenvalue weighted by Gasteiger charge is -2.31. The molecule has 2 N–H and O–H groups in total. The average molecular weight is 498 g/mol. The first kappa shape index (κ1) is 25.5. The molecule has 4 aromatic carbocycles. The van der Waals surface area contributed by atoms with Crippen LogP contribution in [0, 0.1) is 0 Å². The largest absolute Gasteiger partial charge is 0.319 e. The number of benzene rings is 4. The van der Waals surface area contributed by atoms with E-state index in [0.29, 0.717) is 12.8 Å². The van der Waals surface area contributed by atoms with Gasteiger partial charge >= 0.3 is 0 Å². The van der Waals surface area contributed by atoms with Crippen LogP contribution in [0.15, 0.2) is 121 Å². The first-order valence-electron chi connectivity index (χ1n) is 12.1. The molecule has 0 bridgehead atoms. The van der Waals surface area contributed by atoms with Crippen molar-refractivity contribution in [1.29, 1.82) is 0 Å². The molecule has 0 heterocycles. The summed E-state index contributed by atoms with van der Waals surface area (Å²) in [4.78, 5) is 12.9. The van der Waals surface area contributed by atoms with Gasteiger partial charge in [0.15, 0.2) is 0 Å². The Morgan fingerprint density at radius 3 is 1.06 bits per heavy atom. The van der Waals surface area contributed by atoms with Gasteiger partial charge in [-0.05, 0) is 69.2 Å². The molecule has 4 rings (SSSR count). The van der Waals surface area contributed by atoms with Crippen molar-refractivity contribution < 1.29 is 4.79 Å². The highest BCUT2D eigenvalue weighted by Gasteiger charge is 2.33. The number of carbonyl (C=O) groups excluding carboxylic acids is 1. The van der Waals surface area contributed by atoms with E-state index < -0.39 is 21.4 Å². The van der Waals surface area contributed by atoms with Crippen LogP contribution in [0.25, 0.3) is 0 Å². The Bertz CT molecular complexity index is 1020. The summed E-state index contributed by atoms with van der Waals surface area (Å²) in [6, 6.07) is 42.6. The highest BCUT2D eigenvalue weighted by molar-refractivity contribution is 7.73. The predicted molar refractivity (Wildman–Crippen MR) is 155 cm³/mol. The lowest BCUT2D eigenvalue weighted by Crippen LogP contribution is -2.48. The van der Waals surface area contributed by atoms with Crippen molar-refractivity contribution in [3.05, 3.63) is 121 Å². The Balaban J connectivity index is 1.55. The smallest absolute Gasteiger partial charge is 0.149 e. The van der Waals surface area contributed by atoms with Gasteiger partial charge in [0.25, 0.3) is 0 Å². The standard InChI is InChI=1S/C31H33NOP2/c1-26(33)31(32,22-24-34(27-14-6-2-7-15-27)28-16-8-3-9-17-28)23-25-35(29-18-10-4-11-19-29)30-20-12-5-13-21-30/h2-21H,22-25,32H2,1H3. The summed E-state index contributed by atoms with van der Waals surface area (Å²) in [5.41, 5.74) is 6.10. The molecule has 0 aliphatic carbocycles. The van der Waals surface area contributed by atoms with E-state index in [1.165, 1.54) is 21.2 Å². The van der Waals surface area contributed by atoms with Gasteiger partial charge in [0, 0.05) is 0 Å². The molecule has 0 unspecified atom stereocenters. The summed E-state index contributed by atoms with van der Waals surface area (Å²) >= 11 is 0. The molecule has 0 amide bonds. The van der Waals surface area contributed by atoms with Crippen LogP contribution in [0.3, 0.4) is 0 Å². The zero-order valence-corrected chi connectivity index (χ0v) is 22.0. The van der Waals surface area contributed by atoms with Crippen LogP contribution in [-0.4, -0.2) is 23.6 Å². The van der Waals surface area contributed by atoms with Crippen molar-refractivity contribution in [3.8, 4) is 0 Å². The van der Waals surface area contributed by atoms with Gasteiger partial charge < -0.3 is 5.73 Å². The van der Waals surface area contributed by atoms with Crippen LogP contribution >= 0.6 is 15.8 Å². The molecule has 2 nitrogen and oxygen atoms in total. The number of rotatable bonds is 11. The Morgan fingerprint density at radius 1 is 0.571 bits per heavy atom.